The van der Waals surface area contributed by atoms with Gasteiger partial charge in [0.2, 0.25) is 5.91 Å². The monoisotopic (exact) mass is 397 g/mol. The Labute approximate surface area is 188 Å². The Morgan fingerprint density at radius 3 is 1.81 bits per heavy atom. The molecule has 0 bridgehead atoms. The van der Waals surface area contributed by atoms with Crippen LogP contribution in [-0.4, -0.2) is 35.0 Å². The number of unbranched alkanes of at least 4 members (excludes halogenated alkanes) is 11. The smallest absolute Gasteiger partial charge is 1.00 e. The van der Waals surface area contributed by atoms with Gasteiger partial charge in [0.25, 0.3) is 0 Å². The molecule has 4 nitrogen and oxygen atoms in total. The number of hydrogen-bond donors (Lipinski definition) is 2. The van der Waals surface area contributed by atoms with Gasteiger partial charge in [-0.2, -0.15) is 11.8 Å². The maximum absolute atomic E-state index is 11.8. The summed E-state index contributed by atoms with van der Waals surface area (Å²) in [5.74, 6) is -0.312. The Balaban J connectivity index is -0.00000288. The molecular weight excluding hydrogens is 357 g/mol. The molecule has 0 aliphatic carbocycles. The van der Waals surface area contributed by atoms with E-state index >= 15 is 0 Å². The van der Waals surface area contributed by atoms with Crippen molar-refractivity contribution in [3.05, 3.63) is 0 Å². The average molecular weight is 398 g/mol. The van der Waals surface area contributed by atoms with E-state index in [9.17, 15) is 9.59 Å². The zero-order valence-electron chi connectivity index (χ0n) is 18.4. The molecule has 0 fully saturated rings. The Bertz CT molecular complexity index is 349. The normalized spacial score (nSPS) is 11.6. The van der Waals surface area contributed by atoms with Gasteiger partial charge in [0.05, 0.1) is 0 Å². The number of carbonyl (C=O) groups excluding carboxylic acids is 1. The molecule has 1 amide bonds. The van der Waals surface area contributed by atoms with Crippen LogP contribution in [0.5, 0.6) is 0 Å². The van der Waals surface area contributed by atoms with E-state index in [1.807, 2.05) is 6.26 Å². The van der Waals surface area contributed by atoms with Crippen LogP contribution >= 0.6 is 11.8 Å². The van der Waals surface area contributed by atoms with Gasteiger partial charge in [0, 0.05) is 6.42 Å². The van der Waals surface area contributed by atoms with Crippen LogP contribution in [0, 0.1) is 0 Å². The number of amides is 1. The van der Waals surface area contributed by atoms with Crippen molar-refractivity contribution in [1.29, 1.82) is 0 Å². The first-order valence-electron chi connectivity index (χ1n) is 10.1. The third kappa shape index (κ3) is 19.1. The summed E-state index contributed by atoms with van der Waals surface area (Å²) in [5, 5.41) is 11.7. The van der Waals surface area contributed by atoms with Crippen LogP contribution in [0.25, 0.3) is 0 Å². The minimum Gasteiger partial charge on any atom is -1.00 e. The Morgan fingerprint density at radius 2 is 1.38 bits per heavy atom. The second-order valence-corrected chi connectivity index (χ2v) is 7.86. The van der Waals surface area contributed by atoms with E-state index in [0.717, 1.165) is 18.6 Å². The number of carboxylic acid groups (broad SMARTS) is 1. The van der Waals surface area contributed by atoms with Crippen molar-refractivity contribution in [3.63, 3.8) is 0 Å². The Hall–Kier alpha value is 0.290. The molecule has 0 rings (SSSR count). The number of nitrogens with one attached hydrogen (secondary N) is 1. The SMILES string of the molecule is CCCCCCCCCCCCCCC(=O)N[C@@H](CCSC)C(=O)O.[H-].[Na+]. The molecule has 0 aliphatic heterocycles. The van der Waals surface area contributed by atoms with Crippen molar-refractivity contribution in [2.75, 3.05) is 12.0 Å². The zero-order chi connectivity index (χ0) is 18.8. The fourth-order valence-electron chi connectivity index (χ4n) is 2.89. The molecule has 0 saturated heterocycles. The molecule has 150 valence electrons. The van der Waals surface area contributed by atoms with Crippen LogP contribution in [0.4, 0.5) is 0 Å². The van der Waals surface area contributed by atoms with Crippen molar-refractivity contribution in [2.24, 2.45) is 0 Å². The predicted octanol–water partition coefficient (Wildman–Crippen LogP) is 2.52. The van der Waals surface area contributed by atoms with E-state index in [1.54, 1.807) is 11.8 Å². The van der Waals surface area contributed by atoms with E-state index in [4.69, 9.17) is 5.11 Å². The van der Waals surface area contributed by atoms with E-state index in [1.165, 1.54) is 64.2 Å². The van der Waals surface area contributed by atoms with Crippen molar-refractivity contribution in [2.45, 2.75) is 103 Å². The molecule has 6 heteroatoms. The largest absolute Gasteiger partial charge is 1.00 e. The summed E-state index contributed by atoms with van der Waals surface area (Å²) in [5.41, 5.74) is 0. The molecule has 26 heavy (non-hydrogen) atoms. The summed E-state index contributed by atoms with van der Waals surface area (Å²) in [7, 11) is 0. The van der Waals surface area contributed by atoms with Gasteiger partial charge in [-0.15, -0.1) is 0 Å². The van der Waals surface area contributed by atoms with Crippen molar-refractivity contribution in [3.8, 4) is 0 Å². The Kier molecular flexibility index (Phi) is 23.7. The molecule has 0 aliphatic rings. The molecule has 0 aromatic rings. The fraction of sp³-hybridized carbons (Fsp3) is 0.900. The number of thioether (sulfide) groups is 1. The van der Waals surface area contributed by atoms with Gasteiger partial charge in [-0.25, -0.2) is 4.79 Å². The molecule has 0 spiro atoms. The first kappa shape index (κ1) is 28.5. The summed E-state index contributed by atoms with van der Waals surface area (Å²) >= 11 is 1.60. The van der Waals surface area contributed by atoms with Crippen LogP contribution in [0.3, 0.4) is 0 Å². The number of rotatable bonds is 18. The third-order valence-electron chi connectivity index (χ3n) is 4.50. The van der Waals surface area contributed by atoms with Gasteiger partial charge in [-0.3, -0.25) is 4.79 Å². The third-order valence-corrected chi connectivity index (χ3v) is 5.15. The molecule has 0 radical (unpaired) electrons. The van der Waals surface area contributed by atoms with Crippen LogP contribution < -0.4 is 34.9 Å². The van der Waals surface area contributed by atoms with Crippen molar-refractivity contribution < 1.29 is 45.7 Å². The van der Waals surface area contributed by atoms with Gasteiger partial charge in [0.15, 0.2) is 0 Å². The maximum atomic E-state index is 11.8. The van der Waals surface area contributed by atoms with E-state index in [2.05, 4.69) is 12.2 Å². The van der Waals surface area contributed by atoms with Crippen LogP contribution in [0.2, 0.25) is 0 Å². The predicted molar refractivity (Wildman–Crippen MR) is 109 cm³/mol. The average Bonchev–Trinajstić information content (AvgIpc) is 2.59. The van der Waals surface area contributed by atoms with Gasteiger partial charge in [0.1, 0.15) is 6.04 Å². The Morgan fingerprint density at radius 1 is 0.923 bits per heavy atom. The van der Waals surface area contributed by atoms with Crippen LogP contribution in [0.1, 0.15) is 98.2 Å². The summed E-state index contributed by atoms with van der Waals surface area (Å²) in [6.45, 7) is 2.25. The van der Waals surface area contributed by atoms with E-state index in [-0.39, 0.29) is 36.9 Å². The first-order valence-corrected chi connectivity index (χ1v) is 11.5. The molecule has 0 unspecified atom stereocenters. The molecule has 1 atom stereocenters. The molecule has 0 heterocycles. The molecule has 0 aromatic carbocycles. The second-order valence-electron chi connectivity index (χ2n) is 6.88. The standard InChI is InChI=1S/C20H39NO3S.Na.H/c1-3-4-5-6-7-8-9-10-11-12-13-14-15-19(22)21-18(20(23)24)16-17-25-2;;/h18H,3-17H2,1-2H3,(H,21,22)(H,23,24);;/q;+1;-1/t18-;;/m0../s1. The molecule has 0 saturated carbocycles. The van der Waals surface area contributed by atoms with Gasteiger partial charge < -0.3 is 11.8 Å². The van der Waals surface area contributed by atoms with Crippen molar-refractivity contribution in [1.82, 2.24) is 5.32 Å². The van der Waals surface area contributed by atoms with Crippen LogP contribution in [0.15, 0.2) is 0 Å². The van der Waals surface area contributed by atoms with E-state index in [0.29, 0.717) is 12.8 Å². The minimum atomic E-state index is -0.933. The minimum absolute atomic E-state index is 0. The summed E-state index contributed by atoms with van der Waals surface area (Å²) in [4.78, 5) is 22.9. The first-order chi connectivity index (χ1) is 12.1. The number of hydrogen-bond acceptors (Lipinski definition) is 3. The summed E-state index contributed by atoms with van der Waals surface area (Å²) < 4.78 is 0. The number of aliphatic carboxylic acids is 1. The number of carboxylic acids is 1. The molecular formula is C20H40NNaO3S. The van der Waals surface area contributed by atoms with Crippen molar-refractivity contribution >= 4 is 23.6 Å². The summed E-state index contributed by atoms with van der Waals surface area (Å²) in [6, 6.07) is -0.739. The van der Waals surface area contributed by atoms with E-state index < -0.39 is 12.0 Å². The van der Waals surface area contributed by atoms with Gasteiger partial charge in [-0.05, 0) is 24.9 Å². The van der Waals surface area contributed by atoms with Gasteiger partial charge in [-0.1, -0.05) is 77.6 Å². The van der Waals surface area contributed by atoms with Crippen LogP contribution in [-0.2, 0) is 9.59 Å². The quantitative estimate of drug-likeness (QED) is 0.275. The summed E-state index contributed by atoms with van der Waals surface area (Å²) in [6.07, 6.45) is 18.1. The topological polar surface area (TPSA) is 66.4 Å². The number of carbonyl (C=O) groups is 2. The fourth-order valence-corrected chi connectivity index (χ4v) is 3.36. The molecule has 2 N–H and O–H groups in total. The maximum Gasteiger partial charge on any atom is 1.00 e. The van der Waals surface area contributed by atoms with Gasteiger partial charge >= 0.3 is 35.5 Å². The molecule has 0 aromatic heterocycles. The second kappa shape index (κ2) is 21.6. The zero-order valence-corrected chi connectivity index (χ0v) is 20.2.